The highest BCUT2D eigenvalue weighted by Crippen LogP contribution is 2.35. The number of aromatic nitrogens is 1. The fourth-order valence-corrected chi connectivity index (χ4v) is 4.69. The van der Waals surface area contributed by atoms with Crippen molar-refractivity contribution < 1.29 is 14.4 Å². The molecule has 1 saturated carbocycles. The number of imide groups is 1. The molecule has 2 aliphatic rings. The molecule has 1 saturated heterocycles. The van der Waals surface area contributed by atoms with Crippen molar-refractivity contribution in [2.75, 3.05) is 11.9 Å². The van der Waals surface area contributed by atoms with Gasteiger partial charge in [-0.1, -0.05) is 25.0 Å². The smallest absolute Gasteiger partial charge is 0.323 e. The first-order valence-corrected chi connectivity index (χ1v) is 10.7. The summed E-state index contributed by atoms with van der Waals surface area (Å²) in [7, 11) is 0. The predicted molar refractivity (Wildman–Crippen MR) is 112 cm³/mol. The number of rotatable bonds is 5. The first-order valence-electron chi connectivity index (χ1n) is 9.85. The zero-order chi connectivity index (χ0) is 20.6. The van der Waals surface area contributed by atoms with E-state index in [9.17, 15) is 14.4 Å². The molecule has 2 fully saturated rings. The molecule has 2 heterocycles. The maximum Gasteiger partial charge on any atom is 0.325 e. The molecule has 0 radical (unpaired) electrons. The van der Waals surface area contributed by atoms with Crippen LogP contribution in [0.25, 0.3) is 11.3 Å². The van der Waals surface area contributed by atoms with Gasteiger partial charge in [-0.25, -0.2) is 9.78 Å². The van der Waals surface area contributed by atoms with Crippen LogP contribution in [0.3, 0.4) is 0 Å². The van der Waals surface area contributed by atoms with Crippen LogP contribution in [0, 0.1) is 13.8 Å². The van der Waals surface area contributed by atoms with Crippen LogP contribution in [0.2, 0.25) is 0 Å². The molecule has 7 nitrogen and oxygen atoms in total. The summed E-state index contributed by atoms with van der Waals surface area (Å²) in [6, 6.07) is 5.75. The first-order chi connectivity index (χ1) is 13.9. The van der Waals surface area contributed by atoms with Crippen molar-refractivity contribution >= 4 is 34.3 Å². The van der Waals surface area contributed by atoms with E-state index in [0.717, 1.165) is 24.1 Å². The molecule has 1 aliphatic carbocycles. The van der Waals surface area contributed by atoms with Crippen molar-refractivity contribution in [1.82, 2.24) is 15.2 Å². The molecule has 1 aromatic heterocycles. The van der Waals surface area contributed by atoms with E-state index < -0.39 is 11.6 Å². The Morgan fingerprint density at radius 1 is 1.24 bits per heavy atom. The zero-order valence-electron chi connectivity index (χ0n) is 16.6. The summed E-state index contributed by atoms with van der Waals surface area (Å²) in [5, 5.41) is 8.01. The Bertz CT molecular complexity index is 978. The zero-order valence-corrected chi connectivity index (χ0v) is 17.4. The van der Waals surface area contributed by atoms with Crippen molar-refractivity contribution in [1.29, 1.82) is 0 Å². The van der Waals surface area contributed by atoms with Gasteiger partial charge in [-0.05, 0) is 43.9 Å². The van der Waals surface area contributed by atoms with Crippen LogP contribution in [-0.2, 0) is 9.59 Å². The third-order valence-corrected chi connectivity index (χ3v) is 6.58. The summed E-state index contributed by atoms with van der Waals surface area (Å²) in [5.41, 5.74) is 3.49. The van der Waals surface area contributed by atoms with E-state index in [0.29, 0.717) is 18.0 Å². The molecule has 0 unspecified atom stereocenters. The molecule has 2 aromatic rings. The number of amides is 4. The van der Waals surface area contributed by atoms with Crippen molar-refractivity contribution in [2.24, 2.45) is 0 Å². The van der Waals surface area contributed by atoms with Crippen LogP contribution in [0.4, 0.5) is 9.93 Å². The minimum Gasteiger partial charge on any atom is -0.323 e. The second kappa shape index (κ2) is 7.59. The van der Waals surface area contributed by atoms with Gasteiger partial charge in [0.05, 0.1) is 5.69 Å². The largest absolute Gasteiger partial charge is 0.325 e. The quantitative estimate of drug-likeness (QED) is 0.734. The number of hydrogen-bond donors (Lipinski definition) is 2. The van der Waals surface area contributed by atoms with Gasteiger partial charge in [0.2, 0.25) is 5.91 Å². The molecular formula is C21H24N4O3S. The highest BCUT2D eigenvalue weighted by molar-refractivity contribution is 7.14. The van der Waals surface area contributed by atoms with E-state index in [4.69, 9.17) is 0 Å². The van der Waals surface area contributed by atoms with Crippen LogP contribution in [0.1, 0.15) is 43.2 Å². The van der Waals surface area contributed by atoms with Crippen LogP contribution in [0.5, 0.6) is 0 Å². The predicted octanol–water partition coefficient (Wildman–Crippen LogP) is 3.62. The van der Waals surface area contributed by atoms with Crippen LogP contribution >= 0.6 is 11.3 Å². The monoisotopic (exact) mass is 412 g/mol. The summed E-state index contributed by atoms with van der Waals surface area (Å²) in [5.74, 6) is -0.460. The molecule has 2 N–H and O–H groups in total. The maximum absolute atomic E-state index is 12.6. The SMILES string of the molecule is Cc1ccc(-c2csc(NC(=O)CCN3C(=O)NC4(CCCC4)C3=O)n2)cc1C. The Hall–Kier alpha value is -2.74. The minimum atomic E-state index is -0.732. The lowest BCUT2D eigenvalue weighted by atomic mass is 9.98. The fourth-order valence-electron chi connectivity index (χ4n) is 3.96. The van der Waals surface area contributed by atoms with Gasteiger partial charge in [-0.3, -0.25) is 14.5 Å². The van der Waals surface area contributed by atoms with E-state index >= 15 is 0 Å². The van der Waals surface area contributed by atoms with Crippen molar-refractivity contribution in [3.05, 3.63) is 34.7 Å². The number of hydrogen-bond acceptors (Lipinski definition) is 5. The van der Waals surface area contributed by atoms with Gasteiger partial charge >= 0.3 is 6.03 Å². The lowest BCUT2D eigenvalue weighted by Crippen LogP contribution is -2.44. The number of urea groups is 1. The molecule has 152 valence electrons. The van der Waals surface area contributed by atoms with Crippen molar-refractivity contribution in [2.45, 2.75) is 51.5 Å². The average molecular weight is 413 g/mol. The van der Waals surface area contributed by atoms with E-state index in [1.165, 1.54) is 27.4 Å². The van der Waals surface area contributed by atoms with Crippen molar-refractivity contribution in [3.8, 4) is 11.3 Å². The van der Waals surface area contributed by atoms with Gasteiger partial charge in [0, 0.05) is 23.9 Å². The molecule has 4 amide bonds. The van der Waals surface area contributed by atoms with E-state index in [-0.39, 0.29) is 24.8 Å². The Morgan fingerprint density at radius 2 is 2.00 bits per heavy atom. The number of carbonyl (C=O) groups is 3. The number of anilines is 1. The highest BCUT2D eigenvalue weighted by atomic mass is 32.1. The summed E-state index contributed by atoms with van der Waals surface area (Å²) in [6.45, 7) is 4.19. The van der Waals surface area contributed by atoms with E-state index in [1.54, 1.807) is 0 Å². The third kappa shape index (κ3) is 3.76. The van der Waals surface area contributed by atoms with Crippen molar-refractivity contribution in [3.63, 3.8) is 0 Å². The average Bonchev–Trinajstić information content (AvgIpc) is 3.39. The van der Waals surface area contributed by atoms with Crippen LogP contribution in [-0.4, -0.2) is 39.8 Å². The Labute approximate surface area is 173 Å². The second-order valence-corrected chi connectivity index (χ2v) is 8.67. The maximum atomic E-state index is 12.6. The van der Waals surface area contributed by atoms with Gasteiger partial charge in [0.15, 0.2) is 5.13 Å². The first kappa shape index (κ1) is 19.6. The summed E-state index contributed by atoms with van der Waals surface area (Å²) in [6.07, 6.45) is 3.29. The summed E-state index contributed by atoms with van der Waals surface area (Å²) < 4.78 is 0. The Balaban J connectivity index is 1.35. The molecule has 29 heavy (non-hydrogen) atoms. The normalized spacial score (nSPS) is 17.8. The number of nitrogens with zero attached hydrogens (tertiary/aromatic N) is 2. The Morgan fingerprint density at radius 3 is 2.72 bits per heavy atom. The van der Waals surface area contributed by atoms with E-state index in [2.05, 4.69) is 41.6 Å². The lowest BCUT2D eigenvalue weighted by molar-refractivity contribution is -0.131. The molecule has 0 bridgehead atoms. The highest BCUT2D eigenvalue weighted by Gasteiger charge is 2.52. The van der Waals surface area contributed by atoms with Gasteiger partial charge in [0.25, 0.3) is 5.91 Å². The molecular weight excluding hydrogens is 388 g/mol. The topological polar surface area (TPSA) is 91.4 Å². The van der Waals surface area contributed by atoms with Gasteiger partial charge in [0.1, 0.15) is 5.54 Å². The second-order valence-electron chi connectivity index (χ2n) is 7.81. The van der Waals surface area contributed by atoms with Crippen LogP contribution < -0.4 is 10.6 Å². The van der Waals surface area contributed by atoms with Gasteiger partial charge in [-0.15, -0.1) is 11.3 Å². The van der Waals surface area contributed by atoms with E-state index in [1.807, 2.05) is 11.4 Å². The minimum absolute atomic E-state index is 0.0494. The van der Waals surface area contributed by atoms with Gasteiger partial charge in [-0.2, -0.15) is 0 Å². The number of benzene rings is 1. The number of thiazole rings is 1. The fraction of sp³-hybridized carbons (Fsp3) is 0.429. The molecule has 1 spiro atoms. The lowest BCUT2D eigenvalue weighted by Gasteiger charge is -2.19. The molecule has 0 atom stereocenters. The summed E-state index contributed by atoms with van der Waals surface area (Å²) >= 11 is 1.35. The number of carbonyl (C=O) groups excluding carboxylic acids is 3. The molecule has 4 rings (SSSR count). The summed E-state index contributed by atoms with van der Waals surface area (Å²) in [4.78, 5) is 42.8. The standard InChI is InChI=1S/C21H24N4O3S/c1-13-5-6-15(11-14(13)2)16-12-29-19(22-16)23-17(26)7-10-25-18(27)21(24-20(25)28)8-3-4-9-21/h5-6,11-12H,3-4,7-10H2,1-2H3,(H,24,28)(H,22,23,26). The Kier molecular flexibility index (Phi) is 5.12. The molecule has 1 aromatic carbocycles. The number of nitrogens with one attached hydrogen (secondary N) is 2. The van der Waals surface area contributed by atoms with Crippen LogP contribution in [0.15, 0.2) is 23.6 Å². The van der Waals surface area contributed by atoms with Gasteiger partial charge < -0.3 is 10.6 Å². The molecule has 8 heteroatoms. The number of aryl methyl sites for hydroxylation is 2. The third-order valence-electron chi connectivity index (χ3n) is 5.82. The molecule has 1 aliphatic heterocycles.